The molecular formula is CH3NS2. The molecule has 0 unspecified atom stereocenters. The molecule has 0 radical (unpaired) electrons. The molecule has 0 fully saturated rings. The zero-order valence-electron chi connectivity index (χ0n) is 2.02. The molecule has 0 aliphatic rings. The van der Waals surface area contributed by atoms with Gasteiger partial charge < -0.3 is 6.15 Å². The summed E-state index contributed by atoms with van der Waals surface area (Å²) in [7, 11) is 0. The summed E-state index contributed by atoms with van der Waals surface area (Å²) in [5.41, 5.74) is 0. The lowest BCUT2D eigenvalue weighted by atomic mass is 12.0. The molecule has 3 heteroatoms. The standard InChI is InChI=1S/CS2.H3N/c2-1-3;/h;1H3. The van der Waals surface area contributed by atoms with Crippen LogP contribution in [0.25, 0.3) is 0 Å². The van der Waals surface area contributed by atoms with Gasteiger partial charge in [-0.05, 0) is 24.4 Å². The maximum absolute atomic E-state index is 3.96. The summed E-state index contributed by atoms with van der Waals surface area (Å²) in [5, 5.41) is 0. The average Bonchev–Trinajstić information content (AvgIpc) is 0.918. The second-order valence-corrected chi connectivity index (χ2v) is 0.750. The van der Waals surface area contributed by atoms with Crippen molar-refractivity contribution in [3.63, 3.8) is 0 Å². The minimum atomic E-state index is 0. The Morgan fingerprint density at radius 2 is 1.25 bits per heavy atom. The van der Waals surface area contributed by atoms with Crippen molar-refractivity contribution < 1.29 is 0 Å². The van der Waals surface area contributed by atoms with Gasteiger partial charge in [0.15, 0.2) is 0 Å². The highest BCUT2D eigenvalue weighted by molar-refractivity contribution is 7.93. The highest BCUT2D eigenvalue weighted by atomic mass is 32.1. The molecule has 0 aliphatic carbocycles. The van der Waals surface area contributed by atoms with Crippen LogP contribution in [0.1, 0.15) is 0 Å². The largest absolute Gasteiger partial charge is 0.344 e. The summed E-state index contributed by atoms with van der Waals surface area (Å²) >= 11 is 7.92. The first kappa shape index (κ1) is 8.89. The fourth-order valence-electron chi connectivity index (χ4n) is 0. The van der Waals surface area contributed by atoms with E-state index in [0.29, 0.717) is 0 Å². The van der Waals surface area contributed by atoms with E-state index in [-0.39, 0.29) is 6.15 Å². The van der Waals surface area contributed by atoms with Gasteiger partial charge in [-0.3, -0.25) is 0 Å². The minimum Gasteiger partial charge on any atom is -0.344 e. The third-order valence-corrected chi connectivity index (χ3v) is 0. The molecule has 0 amide bonds. The average molecular weight is 93.2 g/mol. The summed E-state index contributed by atoms with van der Waals surface area (Å²) < 4.78 is 1.92. The molecule has 0 spiro atoms. The van der Waals surface area contributed by atoms with Crippen molar-refractivity contribution in [1.29, 1.82) is 0 Å². The summed E-state index contributed by atoms with van der Waals surface area (Å²) in [4.78, 5) is 0. The number of thiocarbonyl (C=S) groups is 2. The molecule has 24 valence electrons. The first-order chi connectivity index (χ1) is 1.41. The van der Waals surface area contributed by atoms with Crippen molar-refractivity contribution in [2.24, 2.45) is 0 Å². The molecule has 3 N–H and O–H groups in total. The van der Waals surface area contributed by atoms with Crippen molar-refractivity contribution in [2.45, 2.75) is 0 Å². The number of hydrogen-bond donors (Lipinski definition) is 1. The van der Waals surface area contributed by atoms with E-state index in [1.165, 1.54) is 0 Å². The Labute approximate surface area is 35.6 Å². The summed E-state index contributed by atoms with van der Waals surface area (Å²) in [6, 6.07) is 0. The van der Waals surface area contributed by atoms with Gasteiger partial charge in [0.1, 0.15) is 0 Å². The topological polar surface area (TPSA) is 35.0 Å². The van der Waals surface area contributed by atoms with Crippen LogP contribution in [0.3, 0.4) is 0 Å². The first-order valence-electron chi connectivity index (χ1n) is 0.408. The molecule has 0 aromatic carbocycles. The van der Waals surface area contributed by atoms with Crippen LogP contribution in [0.4, 0.5) is 0 Å². The van der Waals surface area contributed by atoms with Crippen LogP contribution in [-0.2, 0) is 0 Å². The Hall–Kier alpha value is 0.180. The van der Waals surface area contributed by atoms with Crippen LogP contribution >= 0.6 is 24.4 Å². The van der Waals surface area contributed by atoms with Gasteiger partial charge in [0.2, 0.25) is 0 Å². The Bertz CT molecular complexity index is 27.0. The molecule has 1 nitrogen and oxygen atoms in total. The fourth-order valence-corrected chi connectivity index (χ4v) is 0. The molecule has 0 bridgehead atoms. The molecule has 0 heterocycles. The van der Waals surface area contributed by atoms with Gasteiger partial charge in [-0.2, -0.15) is 0 Å². The second kappa shape index (κ2) is 10.9. The van der Waals surface area contributed by atoms with Crippen LogP contribution in [0.15, 0.2) is 0 Å². The lowest BCUT2D eigenvalue weighted by molar-refractivity contribution is 2.13. The summed E-state index contributed by atoms with van der Waals surface area (Å²) in [6.45, 7) is 0. The van der Waals surface area contributed by atoms with Crippen molar-refractivity contribution in [3.05, 3.63) is 0 Å². The van der Waals surface area contributed by atoms with E-state index in [2.05, 4.69) is 24.4 Å². The predicted molar refractivity (Wildman–Crippen MR) is 25.2 cm³/mol. The van der Waals surface area contributed by atoms with Crippen molar-refractivity contribution in [1.82, 2.24) is 6.15 Å². The summed E-state index contributed by atoms with van der Waals surface area (Å²) in [5.74, 6) is 0. The molecule has 0 saturated carbocycles. The van der Waals surface area contributed by atoms with Crippen molar-refractivity contribution in [2.75, 3.05) is 0 Å². The maximum atomic E-state index is 3.96. The van der Waals surface area contributed by atoms with Crippen LogP contribution in [0, 0.1) is 0 Å². The van der Waals surface area contributed by atoms with E-state index in [9.17, 15) is 0 Å². The quantitative estimate of drug-likeness (QED) is 0.457. The van der Waals surface area contributed by atoms with Crippen LogP contribution in [0.2, 0.25) is 0 Å². The highest BCUT2D eigenvalue weighted by Gasteiger charge is 1.01. The Morgan fingerprint density at radius 3 is 1.25 bits per heavy atom. The van der Waals surface area contributed by atoms with Gasteiger partial charge >= 0.3 is 0 Å². The monoisotopic (exact) mass is 93.0 g/mol. The minimum absolute atomic E-state index is 0. The zero-order valence-corrected chi connectivity index (χ0v) is 3.66. The molecule has 0 aliphatic heterocycles. The zero-order chi connectivity index (χ0) is 2.71. The Morgan fingerprint density at radius 1 is 1.25 bits per heavy atom. The van der Waals surface area contributed by atoms with Crippen molar-refractivity contribution in [3.8, 4) is 0 Å². The molecule has 0 rings (SSSR count). The molecule has 0 aromatic heterocycles. The maximum Gasteiger partial charge on any atom is 0.0297 e. The Balaban J connectivity index is 0. The van der Waals surface area contributed by atoms with Gasteiger partial charge in [-0.15, -0.1) is 0 Å². The van der Waals surface area contributed by atoms with Crippen LogP contribution in [-0.4, -0.2) is 4.31 Å². The number of rotatable bonds is 0. The molecule has 0 saturated heterocycles. The third kappa shape index (κ3) is 93.7. The van der Waals surface area contributed by atoms with E-state index < -0.39 is 0 Å². The summed E-state index contributed by atoms with van der Waals surface area (Å²) in [6.07, 6.45) is 0. The highest BCUT2D eigenvalue weighted by Crippen LogP contribution is 1.29. The van der Waals surface area contributed by atoms with Gasteiger partial charge in [0, 0.05) is 4.31 Å². The molecular weight excluding hydrogens is 90.2 g/mol. The predicted octanol–water partition coefficient (Wildman–Crippen LogP) is 1.18. The van der Waals surface area contributed by atoms with E-state index in [1.807, 2.05) is 4.31 Å². The molecule has 4 heavy (non-hydrogen) atoms. The van der Waals surface area contributed by atoms with Crippen LogP contribution < -0.4 is 6.15 Å². The lowest BCUT2D eigenvalue weighted by Crippen LogP contribution is -0.917. The van der Waals surface area contributed by atoms with E-state index in [4.69, 9.17) is 0 Å². The number of hydrogen-bond acceptors (Lipinski definition) is 3. The van der Waals surface area contributed by atoms with Gasteiger partial charge in [-0.25, -0.2) is 0 Å². The third-order valence-electron chi connectivity index (χ3n) is 0. The van der Waals surface area contributed by atoms with Crippen molar-refractivity contribution >= 4 is 28.7 Å². The van der Waals surface area contributed by atoms with Gasteiger partial charge in [0.25, 0.3) is 0 Å². The second-order valence-electron chi connectivity index (χ2n) is 0.0833. The van der Waals surface area contributed by atoms with E-state index in [0.717, 1.165) is 0 Å². The van der Waals surface area contributed by atoms with Gasteiger partial charge in [0.05, 0.1) is 0 Å². The molecule has 0 atom stereocenters. The first-order valence-corrected chi connectivity index (χ1v) is 1.22. The van der Waals surface area contributed by atoms with E-state index >= 15 is 0 Å². The normalized spacial score (nSPS) is 2.00. The smallest absolute Gasteiger partial charge is 0.0297 e. The van der Waals surface area contributed by atoms with E-state index in [1.54, 1.807) is 0 Å². The fraction of sp³-hybridized carbons (Fsp3) is 0. The SMILES string of the molecule is N.S=C=S. The lowest BCUT2D eigenvalue weighted by Gasteiger charge is -0.992. The Kier molecular flexibility index (Phi) is 24.1. The van der Waals surface area contributed by atoms with Gasteiger partial charge in [-0.1, -0.05) is 0 Å². The molecule has 0 aromatic rings. The van der Waals surface area contributed by atoms with Crippen LogP contribution in [0.5, 0.6) is 0 Å².